The monoisotopic (exact) mass is 253 g/mol. The fraction of sp³-hybridized carbons (Fsp3) is 0.364. The van der Waals surface area contributed by atoms with Crippen molar-refractivity contribution in [3.8, 4) is 11.8 Å². The highest BCUT2D eigenvalue weighted by atomic mass is 32.1. The third-order valence-electron chi connectivity index (χ3n) is 1.64. The van der Waals surface area contributed by atoms with Gasteiger partial charge < -0.3 is 9.47 Å². The Bertz CT molecular complexity index is 469. The van der Waals surface area contributed by atoms with Crippen LogP contribution < -0.4 is 0 Å². The van der Waals surface area contributed by atoms with E-state index in [4.69, 9.17) is 4.74 Å². The summed E-state index contributed by atoms with van der Waals surface area (Å²) in [5, 5.41) is 0.469. The molecule has 0 aliphatic heterocycles. The third-order valence-corrected chi connectivity index (χ3v) is 2.53. The second kappa shape index (κ2) is 6.66. The molecule has 17 heavy (non-hydrogen) atoms. The molecule has 0 aliphatic rings. The SMILES string of the molecule is CCOC(=O)c1cnc(C#CCC(=O)OC)s1. The quantitative estimate of drug-likeness (QED) is 0.599. The zero-order valence-corrected chi connectivity index (χ0v) is 10.3. The number of methoxy groups -OCH3 is 1. The number of ether oxygens (including phenoxy) is 2. The first kappa shape index (κ1) is 13.2. The van der Waals surface area contributed by atoms with Gasteiger partial charge in [-0.05, 0) is 12.8 Å². The lowest BCUT2D eigenvalue weighted by atomic mass is 10.4. The fourth-order valence-electron chi connectivity index (χ4n) is 0.893. The van der Waals surface area contributed by atoms with Gasteiger partial charge in [-0.25, -0.2) is 9.78 Å². The minimum Gasteiger partial charge on any atom is -0.468 e. The molecule has 90 valence electrons. The van der Waals surface area contributed by atoms with Crippen molar-refractivity contribution in [2.75, 3.05) is 13.7 Å². The number of esters is 2. The number of aromatic nitrogens is 1. The molecule has 0 fully saturated rings. The van der Waals surface area contributed by atoms with Crippen molar-refractivity contribution in [3.05, 3.63) is 16.1 Å². The van der Waals surface area contributed by atoms with Crippen molar-refractivity contribution in [1.82, 2.24) is 4.98 Å². The summed E-state index contributed by atoms with van der Waals surface area (Å²) in [4.78, 5) is 26.4. The molecule has 1 aromatic heterocycles. The first-order valence-electron chi connectivity index (χ1n) is 4.86. The molecule has 6 heteroatoms. The Labute approximate surface area is 103 Å². The normalized spacial score (nSPS) is 9.06. The molecule has 1 rings (SSSR count). The predicted molar refractivity (Wildman–Crippen MR) is 61.6 cm³/mol. The molecule has 5 nitrogen and oxygen atoms in total. The van der Waals surface area contributed by atoms with Crippen molar-refractivity contribution >= 4 is 23.3 Å². The number of nitrogens with zero attached hydrogens (tertiary/aromatic N) is 1. The van der Waals surface area contributed by atoms with Crippen molar-refractivity contribution in [2.24, 2.45) is 0 Å². The molecule has 0 N–H and O–H groups in total. The highest BCUT2D eigenvalue weighted by Gasteiger charge is 2.09. The molecular weight excluding hydrogens is 242 g/mol. The summed E-state index contributed by atoms with van der Waals surface area (Å²) in [7, 11) is 1.30. The molecule has 0 saturated heterocycles. The van der Waals surface area contributed by atoms with E-state index in [1.807, 2.05) is 0 Å². The van der Waals surface area contributed by atoms with Gasteiger partial charge in [0.15, 0.2) is 5.01 Å². The number of thiazole rings is 1. The van der Waals surface area contributed by atoms with Crippen LogP contribution in [-0.4, -0.2) is 30.6 Å². The fourth-order valence-corrected chi connectivity index (χ4v) is 1.58. The van der Waals surface area contributed by atoms with Crippen molar-refractivity contribution in [2.45, 2.75) is 13.3 Å². The van der Waals surface area contributed by atoms with Crippen LogP contribution in [0.1, 0.15) is 28.0 Å². The van der Waals surface area contributed by atoms with Gasteiger partial charge in [0.05, 0.1) is 19.9 Å². The Balaban J connectivity index is 2.62. The van der Waals surface area contributed by atoms with Gasteiger partial charge in [-0.3, -0.25) is 4.79 Å². The summed E-state index contributed by atoms with van der Waals surface area (Å²) in [6, 6.07) is 0. The zero-order valence-electron chi connectivity index (χ0n) is 9.48. The molecular formula is C11H11NO4S. The molecule has 1 aromatic rings. The molecule has 0 atom stereocenters. The van der Waals surface area contributed by atoms with Crippen molar-refractivity contribution in [1.29, 1.82) is 0 Å². The Morgan fingerprint density at radius 1 is 1.53 bits per heavy atom. The second-order valence-corrected chi connectivity index (χ2v) is 3.84. The molecule has 0 radical (unpaired) electrons. The lowest BCUT2D eigenvalue weighted by molar-refractivity contribution is -0.139. The Morgan fingerprint density at radius 2 is 2.29 bits per heavy atom. The van der Waals surface area contributed by atoms with Gasteiger partial charge in [0.1, 0.15) is 11.3 Å². The number of hydrogen-bond donors (Lipinski definition) is 0. The minimum atomic E-state index is -0.411. The van der Waals surface area contributed by atoms with E-state index in [0.717, 1.165) is 11.3 Å². The van der Waals surface area contributed by atoms with Crippen LogP contribution in [0.2, 0.25) is 0 Å². The van der Waals surface area contributed by atoms with Crippen LogP contribution in [0.3, 0.4) is 0 Å². The summed E-state index contributed by atoms with van der Waals surface area (Å²) in [6.07, 6.45) is 1.41. The second-order valence-electron chi connectivity index (χ2n) is 2.80. The van der Waals surface area contributed by atoms with Gasteiger partial charge in [0.2, 0.25) is 0 Å². The highest BCUT2D eigenvalue weighted by molar-refractivity contribution is 7.14. The number of carbonyl (C=O) groups excluding carboxylic acids is 2. The highest BCUT2D eigenvalue weighted by Crippen LogP contribution is 2.12. The van der Waals surface area contributed by atoms with E-state index in [0.29, 0.717) is 16.5 Å². The molecule has 0 aromatic carbocycles. The molecule has 0 bridgehead atoms. The van der Waals surface area contributed by atoms with Crippen LogP contribution in [-0.2, 0) is 14.3 Å². The van der Waals surface area contributed by atoms with Gasteiger partial charge in [-0.2, -0.15) is 0 Å². The van der Waals surface area contributed by atoms with Crippen molar-refractivity contribution in [3.63, 3.8) is 0 Å². The maximum Gasteiger partial charge on any atom is 0.349 e. The van der Waals surface area contributed by atoms with Crippen LogP contribution in [0, 0.1) is 11.8 Å². The Morgan fingerprint density at radius 3 is 2.94 bits per heavy atom. The maximum atomic E-state index is 11.3. The summed E-state index contributed by atoms with van der Waals surface area (Å²) < 4.78 is 9.24. The molecule has 0 aliphatic carbocycles. The van der Waals surface area contributed by atoms with Gasteiger partial charge in [-0.1, -0.05) is 17.3 Å². The van der Waals surface area contributed by atoms with Gasteiger partial charge >= 0.3 is 11.9 Å². The Kier molecular flexibility index (Phi) is 5.17. The third kappa shape index (κ3) is 4.25. The van der Waals surface area contributed by atoms with Crippen LogP contribution in [0.4, 0.5) is 0 Å². The van der Waals surface area contributed by atoms with Crippen molar-refractivity contribution < 1.29 is 19.1 Å². The number of hydrogen-bond acceptors (Lipinski definition) is 6. The van der Waals surface area contributed by atoms with E-state index in [-0.39, 0.29) is 6.42 Å². The van der Waals surface area contributed by atoms with Crippen LogP contribution in [0.15, 0.2) is 6.20 Å². The largest absolute Gasteiger partial charge is 0.468 e. The smallest absolute Gasteiger partial charge is 0.349 e. The molecule has 0 unspecified atom stereocenters. The molecule has 0 amide bonds. The summed E-state index contributed by atoms with van der Waals surface area (Å²) in [6.45, 7) is 2.05. The average molecular weight is 253 g/mol. The van der Waals surface area contributed by atoms with E-state index in [1.165, 1.54) is 13.3 Å². The van der Waals surface area contributed by atoms with E-state index in [2.05, 4.69) is 21.6 Å². The standard InChI is InChI=1S/C11H11NO4S/c1-3-16-11(14)8-7-12-9(17-8)5-4-6-10(13)15-2/h7H,3,6H2,1-2H3. The zero-order chi connectivity index (χ0) is 12.7. The lowest BCUT2D eigenvalue weighted by Gasteiger charge is -1.95. The summed E-state index contributed by atoms with van der Waals surface area (Å²) in [5.41, 5.74) is 0. The van der Waals surface area contributed by atoms with E-state index >= 15 is 0 Å². The predicted octanol–water partition coefficient (Wildman–Crippen LogP) is 1.23. The lowest BCUT2D eigenvalue weighted by Crippen LogP contribution is -2.01. The number of rotatable bonds is 3. The van der Waals surface area contributed by atoms with Gasteiger partial charge in [0, 0.05) is 0 Å². The van der Waals surface area contributed by atoms with Crippen LogP contribution in [0.25, 0.3) is 0 Å². The molecule has 1 heterocycles. The first-order valence-corrected chi connectivity index (χ1v) is 5.67. The summed E-state index contributed by atoms with van der Waals surface area (Å²) in [5.74, 6) is 4.47. The first-order chi connectivity index (χ1) is 8.17. The average Bonchev–Trinajstić information content (AvgIpc) is 2.78. The van der Waals surface area contributed by atoms with Gasteiger partial charge in [-0.15, -0.1) is 0 Å². The van der Waals surface area contributed by atoms with E-state index in [1.54, 1.807) is 6.92 Å². The van der Waals surface area contributed by atoms with Crippen LogP contribution >= 0.6 is 11.3 Å². The number of carbonyl (C=O) groups is 2. The summed E-state index contributed by atoms with van der Waals surface area (Å²) >= 11 is 1.13. The molecule has 0 saturated carbocycles. The van der Waals surface area contributed by atoms with E-state index in [9.17, 15) is 9.59 Å². The Hall–Kier alpha value is -1.87. The van der Waals surface area contributed by atoms with E-state index < -0.39 is 11.9 Å². The molecule has 0 spiro atoms. The maximum absolute atomic E-state index is 11.3. The van der Waals surface area contributed by atoms with Gasteiger partial charge in [0.25, 0.3) is 0 Å². The topological polar surface area (TPSA) is 65.5 Å². The van der Waals surface area contributed by atoms with Crippen LogP contribution in [0.5, 0.6) is 0 Å². The minimum absolute atomic E-state index is 0.00478.